The second-order valence-corrected chi connectivity index (χ2v) is 2.99. The van der Waals surface area contributed by atoms with Crippen molar-refractivity contribution < 1.29 is 23.8 Å². The molecule has 0 amide bonds. The van der Waals surface area contributed by atoms with Crippen LogP contribution in [0.4, 0.5) is 0 Å². The van der Waals surface area contributed by atoms with Crippen molar-refractivity contribution in [3.63, 3.8) is 0 Å². The van der Waals surface area contributed by atoms with Gasteiger partial charge in [0.2, 0.25) is 0 Å². The second kappa shape index (κ2) is 15.7. The first kappa shape index (κ1) is 19.0. The van der Waals surface area contributed by atoms with Gasteiger partial charge in [0, 0.05) is 12.8 Å². The van der Waals surface area contributed by atoms with Gasteiger partial charge in [-0.25, -0.2) is 0 Å². The van der Waals surface area contributed by atoms with Crippen LogP contribution in [0, 0.1) is 0 Å². The normalized spacial score (nSPS) is 8.00. The Balaban J connectivity index is 0. The molecule has 0 aromatic carbocycles. The van der Waals surface area contributed by atoms with Crippen molar-refractivity contribution in [3.8, 4) is 0 Å². The van der Waals surface area contributed by atoms with E-state index in [2.05, 4.69) is 40.5 Å². The lowest BCUT2D eigenvalue weighted by atomic mass is 10.2. The van der Waals surface area contributed by atoms with Gasteiger partial charge in [0.25, 0.3) is 0 Å². The van der Waals surface area contributed by atoms with Gasteiger partial charge in [0.15, 0.2) is 0 Å². The molecule has 5 heteroatoms. The van der Waals surface area contributed by atoms with Gasteiger partial charge in [-0.15, -0.1) is 0 Å². The van der Waals surface area contributed by atoms with Gasteiger partial charge in [-0.1, -0.05) is 26.3 Å². The molecule has 0 aromatic rings. The summed E-state index contributed by atoms with van der Waals surface area (Å²) in [5.41, 5.74) is 0. The number of hydrogen-bond donors (Lipinski definition) is 0. The highest BCUT2D eigenvalue weighted by molar-refractivity contribution is 5.71. The topological polar surface area (TPSA) is 61.8 Å². The second-order valence-electron chi connectivity index (χ2n) is 2.99. The van der Waals surface area contributed by atoms with E-state index in [1.807, 2.05) is 0 Å². The van der Waals surface area contributed by atoms with Gasteiger partial charge >= 0.3 is 11.9 Å². The lowest BCUT2D eigenvalue weighted by Crippen LogP contribution is -2.01. The summed E-state index contributed by atoms with van der Waals surface area (Å²) < 4.78 is 13.3. The van der Waals surface area contributed by atoms with Crippen molar-refractivity contribution in [3.05, 3.63) is 51.4 Å². The maximum Gasteiger partial charge on any atom is 0.310 e. The number of carbonyl (C=O) groups excluding carboxylic acids is 2. The summed E-state index contributed by atoms with van der Waals surface area (Å²) in [7, 11) is 0. The Bertz CT molecular complexity index is 277. The van der Waals surface area contributed by atoms with E-state index in [-0.39, 0.29) is 24.8 Å². The number of unbranched alkanes of at least 4 members (excludes halogenated alkanes) is 1. The molecule has 0 rings (SSSR count). The minimum atomic E-state index is -0.336. The van der Waals surface area contributed by atoms with Crippen LogP contribution in [0.3, 0.4) is 0 Å². The number of rotatable bonds is 9. The predicted molar refractivity (Wildman–Crippen MR) is 72.5 cm³/mol. The van der Waals surface area contributed by atoms with Crippen LogP contribution in [0.25, 0.3) is 0 Å². The van der Waals surface area contributed by atoms with Gasteiger partial charge in [-0.05, 0) is 12.8 Å². The van der Waals surface area contributed by atoms with Crippen LogP contribution < -0.4 is 0 Å². The first-order valence-corrected chi connectivity index (χ1v) is 5.60. The van der Waals surface area contributed by atoms with Gasteiger partial charge in [0.1, 0.15) is 0 Å². The smallest absolute Gasteiger partial charge is 0.310 e. The van der Waals surface area contributed by atoms with Crippen LogP contribution >= 0.6 is 0 Å². The average molecular weight is 268 g/mol. The quantitative estimate of drug-likeness (QED) is 0.365. The van der Waals surface area contributed by atoms with Crippen LogP contribution in [0.2, 0.25) is 0 Å². The van der Waals surface area contributed by atoms with Crippen molar-refractivity contribution in [2.75, 3.05) is 0 Å². The maximum atomic E-state index is 10.8. The van der Waals surface area contributed by atoms with Crippen molar-refractivity contribution >= 4 is 11.9 Å². The zero-order chi connectivity index (χ0) is 14.9. The molecule has 0 N–H and O–H groups in total. The molecule has 0 aliphatic heterocycles. The Morgan fingerprint density at radius 3 is 1.32 bits per heavy atom. The van der Waals surface area contributed by atoms with E-state index < -0.39 is 0 Å². The van der Waals surface area contributed by atoms with Gasteiger partial charge < -0.3 is 14.2 Å². The van der Waals surface area contributed by atoms with Crippen LogP contribution in [-0.4, -0.2) is 11.9 Å². The largest absolute Gasteiger partial charge is 0.474 e. The van der Waals surface area contributed by atoms with E-state index in [0.717, 1.165) is 12.5 Å². The first-order valence-electron chi connectivity index (χ1n) is 5.60. The fourth-order valence-corrected chi connectivity index (χ4v) is 0.910. The number of hydrogen-bond acceptors (Lipinski definition) is 5. The zero-order valence-electron chi connectivity index (χ0n) is 11.0. The molecule has 0 saturated heterocycles. The van der Waals surface area contributed by atoms with E-state index in [0.29, 0.717) is 12.8 Å². The lowest BCUT2D eigenvalue weighted by Gasteiger charge is -1.99. The minimum absolute atomic E-state index is 0.285. The molecule has 0 radical (unpaired) electrons. The number of esters is 2. The highest BCUT2D eigenvalue weighted by Gasteiger charge is 2.03. The highest BCUT2D eigenvalue weighted by Crippen LogP contribution is 2.02. The van der Waals surface area contributed by atoms with E-state index >= 15 is 0 Å². The number of carbonyl (C=O) groups is 2. The highest BCUT2D eigenvalue weighted by atomic mass is 16.5. The fourth-order valence-electron chi connectivity index (χ4n) is 0.910. The lowest BCUT2D eigenvalue weighted by molar-refractivity contribution is -0.140. The van der Waals surface area contributed by atoms with Gasteiger partial charge in [-0.3, -0.25) is 9.59 Å². The predicted octanol–water partition coefficient (Wildman–Crippen LogP) is 3.21. The molecule has 0 bridgehead atoms. The summed E-state index contributed by atoms with van der Waals surface area (Å²) in [5, 5.41) is 0. The third-order valence-corrected chi connectivity index (χ3v) is 1.63. The van der Waals surface area contributed by atoms with E-state index in [1.54, 1.807) is 0 Å². The molecule has 0 aliphatic carbocycles. The van der Waals surface area contributed by atoms with Crippen molar-refractivity contribution in [2.24, 2.45) is 0 Å². The van der Waals surface area contributed by atoms with Crippen LogP contribution in [0.15, 0.2) is 51.4 Å². The molecular formula is C14H20O5. The number of ether oxygens (including phenoxy) is 3. The molecule has 0 atom stereocenters. The van der Waals surface area contributed by atoms with Crippen LogP contribution in [0.5, 0.6) is 0 Å². The molecule has 0 spiro atoms. The third kappa shape index (κ3) is 18.3. The molecule has 0 saturated carbocycles. The standard InChI is InChI=1S/C10H14O4.C4H6O/c1-3-13-9(11)7-5-6-8-10(12)14-4-2;1-3-5-4-2/h3-4H,1-2,5-8H2;3-4H,1-2H2. The molecule has 0 aromatic heterocycles. The van der Waals surface area contributed by atoms with Crippen molar-refractivity contribution in [1.29, 1.82) is 0 Å². The third-order valence-electron chi connectivity index (χ3n) is 1.63. The summed E-state index contributed by atoms with van der Waals surface area (Å²) in [6.07, 6.45) is 6.57. The van der Waals surface area contributed by atoms with E-state index in [4.69, 9.17) is 0 Å². The summed E-state index contributed by atoms with van der Waals surface area (Å²) in [6, 6.07) is 0. The van der Waals surface area contributed by atoms with Gasteiger partial charge in [-0.2, -0.15) is 0 Å². The molecule has 0 heterocycles. The Morgan fingerprint density at radius 2 is 1.11 bits per heavy atom. The SMILES string of the molecule is C=COC(=O)CCCCC(=O)OC=C.C=COC=C. The summed E-state index contributed by atoms with van der Waals surface area (Å²) in [4.78, 5) is 21.6. The minimum Gasteiger partial charge on any atom is -0.474 e. The first-order chi connectivity index (χ1) is 9.12. The van der Waals surface area contributed by atoms with E-state index in [1.165, 1.54) is 12.5 Å². The van der Waals surface area contributed by atoms with Crippen molar-refractivity contribution in [1.82, 2.24) is 0 Å². The van der Waals surface area contributed by atoms with Gasteiger partial charge in [0.05, 0.1) is 25.0 Å². The van der Waals surface area contributed by atoms with Crippen LogP contribution in [-0.2, 0) is 23.8 Å². The molecule has 5 nitrogen and oxygen atoms in total. The van der Waals surface area contributed by atoms with Crippen LogP contribution in [0.1, 0.15) is 25.7 Å². The van der Waals surface area contributed by atoms with Crippen molar-refractivity contribution in [2.45, 2.75) is 25.7 Å². The summed E-state index contributed by atoms with van der Waals surface area (Å²) in [6.45, 7) is 13.0. The Kier molecular flexibility index (Phi) is 15.7. The molecular weight excluding hydrogens is 248 g/mol. The Labute approximate surface area is 113 Å². The molecule has 0 aliphatic rings. The van der Waals surface area contributed by atoms with E-state index in [9.17, 15) is 9.59 Å². The molecule has 0 fully saturated rings. The average Bonchev–Trinajstić information content (AvgIpc) is 2.37. The Hall–Kier alpha value is -2.30. The molecule has 106 valence electrons. The summed E-state index contributed by atoms with van der Waals surface area (Å²) >= 11 is 0. The zero-order valence-corrected chi connectivity index (χ0v) is 11.0. The maximum absolute atomic E-state index is 10.8. The Morgan fingerprint density at radius 1 is 0.737 bits per heavy atom. The molecule has 0 unspecified atom stereocenters. The molecule has 19 heavy (non-hydrogen) atoms. The fraction of sp³-hybridized carbons (Fsp3) is 0.286. The summed E-state index contributed by atoms with van der Waals surface area (Å²) in [5.74, 6) is -0.672. The monoisotopic (exact) mass is 268 g/mol.